The molecule has 1 fully saturated rings. The second-order valence-corrected chi connectivity index (χ2v) is 4.80. The minimum absolute atomic E-state index is 0.321. The van der Waals surface area contributed by atoms with Crippen LogP contribution in [0.2, 0.25) is 0 Å². The molecule has 1 aliphatic heterocycles. The van der Waals surface area contributed by atoms with Crippen LogP contribution in [0, 0.1) is 0 Å². The number of benzene rings is 1. The molecule has 1 aromatic rings. The number of hydrogen-bond acceptors (Lipinski definition) is 2. The van der Waals surface area contributed by atoms with Crippen molar-refractivity contribution in [3.63, 3.8) is 0 Å². The van der Waals surface area contributed by atoms with Gasteiger partial charge in [-0.15, -0.1) is 0 Å². The summed E-state index contributed by atoms with van der Waals surface area (Å²) in [5.41, 5.74) is 0.0453. The molecule has 1 N–H and O–H groups in total. The first-order valence-corrected chi connectivity index (χ1v) is 5.71. The van der Waals surface area contributed by atoms with Crippen molar-refractivity contribution >= 4 is 0 Å². The van der Waals surface area contributed by atoms with Crippen LogP contribution in [0.5, 0.6) is 0 Å². The van der Waals surface area contributed by atoms with Crippen LogP contribution in [0.1, 0.15) is 18.9 Å². The lowest BCUT2D eigenvalue weighted by Gasteiger charge is -2.38. The van der Waals surface area contributed by atoms with E-state index >= 15 is 0 Å². The van der Waals surface area contributed by atoms with Crippen molar-refractivity contribution in [3.8, 4) is 0 Å². The summed E-state index contributed by atoms with van der Waals surface area (Å²) < 4.78 is 13.6. The molecule has 0 bridgehead atoms. The van der Waals surface area contributed by atoms with E-state index < -0.39 is 11.8 Å². The summed E-state index contributed by atoms with van der Waals surface area (Å²) >= 11 is 0. The molecular weight excluding hydrogens is 205 g/mol. The molecule has 0 amide bonds. The highest BCUT2D eigenvalue weighted by Gasteiger charge is 2.37. The van der Waals surface area contributed by atoms with Gasteiger partial charge in [-0.05, 0) is 18.9 Å². The molecular formula is C13H18FNO. The lowest BCUT2D eigenvalue weighted by Crippen LogP contribution is -2.51. The molecule has 16 heavy (non-hydrogen) atoms. The number of aliphatic hydroxyl groups is 1. The molecule has 2 nitrogen and oxygen atoms in total. The van der Waals surface area contributed by atoms with Gasteiger partial charge in [0, 0.05) is 19.6 Å². The van der Waals surface area contributed by atoms with Gasteiger partial charge >= 0.3 is 0 Å². The SMILES string of the molecule is CC1(O)CCN(Cc2ccccc2)CC1F. The van der Waals surface area contributed by atoms with Crippen molar-refractivity contribution in [1.29, 1.82) is 0 Å². The third-order valence-electron chi connectivity index (χ3n) is 3.28. The summed E-state index contributed by atoms with van der Waals surface area (Å²) in [7, 11) is 0. The Labute approximate surface area is 95.7 Å². The van der Waals surface area contributed by atoms with E-state index in [2.05, 4.69) is 4.90 Å². The molecule has 2 rings (SSSR count). The third kappa shape index (κ3) is 2.60. The van der Waals surface area contributed by atoms with Crippen molar-refractivity contribution < 1.29 is 9.50 Å². The molecule has 2 unspecified atom stereocenters. The molecule has 2 atom stereocenters. The summed E-state index contributed by atoms with van der Waals surface area (Å²) in [6.45, 7) is 3.42. The second-order valence-electron chi connectivity index (χ2n) is 4.80. The van der Waals surface area contributed by atoms with E-state index in [0.29, 0.717) is 13.0 Å². The van der Waals surface area contributed by atoms with E-state index in [9.17, 15) is 9.50 Å². The Morgan fingerprint density at radius 3 is 2.75 bits per heavy atom. The van der Waals surface area contributed by atoms with Crippen LogP contribution in [0.15, 0.2) is 30.3 Å². The summed E-state index contributed by atoms with van der Waals surface area (Å²) in [6, 6.07) is 10.0. The lowest BCUT2D eigenvalue weighted by molar-refractivity contribution is -0.0728. The Bertz CT molecular complexity index is 339. The monoisotopic (exact) mass is 223 g/mol. The Hall–Kier alpha value is -0.930. The molecule has 0 aromatic heterocycles. The first kappa shape index (κ1) is 11.6. The smallest absolute Gasteiger partial charge is 0.141 e. The van der Waals surface area contributed by atoms with Gasteiger partial charge in [0.25, 0.3) is 0 Å². The quantitative estimate of drug-likeness (QED) is 0.828. The maximum absolute atomic E-state index is 13.6. The highest BCUT2D eigenvalue weighted by atomic mass is 19.1. The molecule has 88 valence electrons. The largest absolute Gasteiger partial charge is 0.387 e. The van der Waals surface area contributed by atoms with Crippen molar-refractivity contribution in [2.24, 2.45) is 0 Å². The van der Waals surface area contributed by atoms with Crippen LogP contribution in [-0.2, 0) is 6.54 Å². The van der Waals surface area contributed by atoms with E-state index in [1.807, 2.05) is 30.3 Å². The highest BCUT2D eigenvalue weighted by Crippen LogP contribution is 2.25. The van der Waals surface area contributed by atoms with E-state index in [1.54, 1.807) is 6.92 Å². The maximum atomic E-state index is 13.6. The minimum Gasteiger partial charge on any atom is -0.387 e. The Balaban J connectivity index is 1.94. The number of halogens is 1. The first-order valence-electron chi connectivity index (χ1n) is 5.71. The first-order chi connectivity index (χ1) is 7.58. The van der Waals surface area contributed by atoms with Crippen LogP contribution in [0.3, 0.4) is 0 Å². The predicted molar refractivity (Wildman–Crippen MR) is 61.9 cm³/mol. The zero-order valence-corrected chi connectivity index (χ0v) is 9.56. The zero-order valence-electron chi connectivity index (χ0n) is 9.56. The van der Waals surface area contributed by atoms with Gasteiger partial charge in [-0.1, -0.05) is 30.3 Å². The van der Waals surface area contributed by atoms with Gasteiger partial charge < -0.3 is 5.11 Å². The fraction of sp³-hybridized carbons (Fsp3) is 0.538. The molecule has 1 saturated heterocycles. The van der Waals surface area contributed by atoms with Crippen LogP contribution in [-0.4, -0.2) is 34.9 Å². The van der Waals surface area contributed by atoms with Crippen LogP contribution < -0.4 is 0 Å². The molecule has 0 radical (unpaired) electrons. The Kier molecular flexibility index (Phi) is 3.26. The minimum atomic E-state index is -1.15. The zero-order chi connectivity index (χ0) is 11.6. The molecule has 0 aliphatic carbocycles. The Morgan fingerprint density at radius 2 is 2.12 bits per heavy atom. The average Bonchev–Trinajstić information content (AvgIpc) is 2.26. The van der Waals surface area contributed by atoms with E-state index in [1.165, 1.54) is 5.56 Å². The fourth-order valence-corrected chi connectivity index (χ4v) is 2.04. The van der Waals surface area contributed by atoms with Crippen molar-refractivity contribution in [1.82, 2.24) is 4.90 Å². The fourth-order valence-electron chi connectivity index (χ4n) is 2.04. The number of likely N-dealkylation sites (tertiary alicyclic amines) is 1. The predicted octanol–water partition coefficient (Wildman–Crippen LogP) is 1.98. The van der Waals surface area contributed by atoms with Gasteiger partial charge in [-0.25, -0.2) is 4.39 Å². The summed E-state index contributed by atoms with van der Waals surface area (Å²) in [6.07, 6.45) is -0.647. The molecule has 1 aromatic carbocycles. The third-order valence-corrected chi connectivity index (χ3v) is 3.28. The number of nitrogens with zero attached hydrogens (tertiary/aromatic N) is 1. The molecule has 1 aliphatic rings. The van der Waals surface area contributed by atoms with Gasteiger partial charge in [-0.2, -0.15) is 0 Å². The van der Waals surface area contributed by atoms with E-state index in [0.717, 1.165) is 13.1 Å². The van der Waals surface area contributed by atoms with Gasteiger partial charge in [0.05, 0.1) is 5.60 Å². The Morgan fingerprint density at radius 1 is 1.44 bits per heavy atom. The van der Waals surface area contributed by atoms with Gasteiger partial charge in [0.2, 0.25) is 0 Å². The number of rotatable bonds is 2. The summed E-state index contributed by atoms with van der Waals surface area (Å²) in [4.78, 5) is 2.05. The van der Waals surface area contributed by atoms with Crippen molar-refractivity contribution in [3.05, 3.63) is 35.9 Å². The normalized spacial score (nSPS) is 31.6. The second kappa shape index (κ2) is 4.52. The van der Waals surface area contributed by atoms with Gasteiger partial charge in [0.1, 0.15) is 6.17 Å². The van der Waals surface area contributed by atoms with E-state index in [4.69, 9.17) is 0 Å². The number of piperidine rings is 1. The highest BCUT2D eigenvalue weighted by molar-refractivity contribution is 5.14. The summed E-state index contributed by atoms with van der Waals surface area (Å²) in [5.74, 6) is 0. The van der Waals surface area contributed by atoms with Gasteiger partial charge in [0.15, 0.2) is 0 Å². The summed E-state index contributed by atoms with van der Waals surface area (Å²) in [5, 5.41) is 9.73. The number of alkyl halides is 1. The topological polar surface area (TPSA) is 23.5 Å². The average molecular weight is 223 g/mol. The maximum Gasteiger partial charge on any atom is 0.141 e. The standard InChI is InChI=1S/C13H18FNO/c1-13(16)7-8-15(10-12(13)14)9-11-5-3-2-4-6-11/h2-6,12,16H,7-10H2,1H3. The van der Waals surface area contributed by atoms with Crippen molar-refractivity contribution in [2.75, 3.05) is 13.1 Å². The molecule has 0 saturated carbocycles. The number of hydrogen-bond donors (Lipinski definition) is 1. The molecule has 0 spiro atoms. The molecule has 3 heteroatoms. The van der Waals surface area contributed by atoms with Crippen molar-refractivity contribution in [2.45, 2.75) is 31.7 Å². The molecule has 1 heterocycles. The van der Waals surface area contributed by atoms with Crippen LogP contribution >= 0.6 is 0 Å². The van der Waals surface area contributed by atoms with Crippen LogP contribution in [0.4, 0.5) is 4.39 Å². The lowest BCUT2D eigenvalue weighted by atomic mass is 9.91. The van der Waals surface area contributed by atoms with E-state index in [-0.39, 0.29) is 0 Å². The van der Waals surface area contributed by atoms with Crippen LogP contribution in [0.25, 0.3) is 0 Å². The van der Waals surface area contributed by atoms with Gasteiger partial charge in [-0.3, -0.25) is 4.90 Å².